The molecule has 0 aromatic heterocycles. The molecule has 0 radical (unpaired) electrons. The number of benzene rings is 1. The second kappa shape index (κ2) is 4.99. The normalized spacial score (nSPS) is 11.2. The number of carbonyl (C=O) groups excluding carboxylic acids is 1. The van der Waals surface area contributed by atoms with Crippen LogP contribution < -0.4 is 0 Å². The van der Waals surface area contributed by atoms with Crippen molar-refractivity contribution in [1.29, 1.82) is 0 Å². The fourth-order valence-electron chi connectivity index (χ4n) is 1.11. The van der Waals surface area contributed by atoms with Crippen molar-refractivity contribution in [3.8, 4) is 12.3 Å². The summed E-state index contributed by atoms with van der Waals surface area (Å²) >= 11 is 0. The summed E-state index contributed by atoms with van der Waals surface area (Å²) in [5, 5.41) is 8.86. The maximum atomic E-state index is 11.6. The molecule has 1 aromatic carbocycles. The zero-order valence-corrected chi connectivity index (χ0v) is 8.64. The molecule has 1 atom stereocenters. The van der Waals surface area contributed by atoms with Gasteiger partial charge in [-0.3, -0.25) is 0 Å². The van der Waals surface area contributed by atoms with Crippen molar-refractivity contribution in [2.75, 3.05) is 0 Å². The molecule has 1 N–H and O–H groups in total. The molecule has 1 rings (SSSR count). The average Bonchev–Trinajstić information content (AvgIpc) is 2.28. The van der Waals surface area contributed by atoms with Gasteiger partial charge in [0.15, 0.2) is 6.10 Å². The Morgan fingerprint density at radius 1 is 1.38 bits per heavy atom. The molecule has 0 fully saturated rings. The number of terminal acetylenes is 1. The summed E-state index contributed by atoms with van der Waals surface area (Å²) in [6.45, 7) is 1.53. The third-order valence-corrected chi connectivity index (χ3v) is 1.90. The standard InChI is InChI=1S/C12H10O4/c1-3-8(2)16-12(15)10-7-5-4-6-9(10)11(13)14/h1,4-8H,2H3,(H,13,14)/t8-/m1/s1. The lowest BCUT2D eigenvalue weighted by Crippen LogP contribution is -2.16. The van der Waals surface area contributed by atoms with Gasteiger partial charge in [0.05, 0.1) is 11.1 Å². The van der Waals surface area contributed by atoms with Gasteiger partial charge in [0, 0.05) is 0 Å². The Hall–Kier alpha value is -2.28. The summed E-state index contributed by atoms with van der Waals surface area (Å²) in [4.78, 5) is 22.4. The molecule has 0 amide bonds. The van der Waals surface area contributed by atoms with Crippen LogP contribution >= 0.6 is 0 Å². The van der Waals surface area contributed by atoms with Crippen molar-refractivity contribution in [3.05, 3.63) is 35.4 Å². The first kappa shape index (κ1) is 11.8. The van der Waals surface area contributed by atoms with E-state index in [9.17, 15) is 9.59 Å². The predicted octanol–water partition coefficient (Wildman–Crippen LogP) is 1.56. The van der Waals surface area contributed by atoms with Crippen molar-refractivity contribution in [3.63, 3.8) is 0 Å². The highest BCUT2D eigenvalue weighted by molar-refractivity contribution is 6.02. The Bertz CT molecular complexity index is 456. The van der Waals surface area contributed by atoms with Gasteiger partial charge < -0.3 is 9.84 Å². The van der Waals surface area contributed by atoms with Gasteiger partial charge in [-0.25, -0.2) is 9.59 Å². The lowest BCUT2D eigenvalue weighted by atomic mass is 10.1. The summed E-state index contributed by atoms with van der Waals surface area (Å²) in [7, 11) is 0. The van der Waals surface area contributed by atoms with Gasteiger partial charge in [0.2, 0.25) is 0 Å². The van der Waals surface area contributed by atoms with Gasteiger partial charge in [-0.2, -0.15) is 0 Å². The fraction of sp³-hybridized carbons (Fsp3) is 0.167. The van der Waals surface area contributed by atoms with Crippen LogP contribution in [0.2, 0.25) is 0 Å². The molecule has 0 heterocycles. The zero-order chi connectivity index (χ0) is 12.1. The van der Waals surface area contributed by atoms with E-state index in [1.807, 2.05) is 0 Å². The Labute approximate surface area is 92.9 Å². The van der Waals surface area contributed by atoms with Gasteiger partial charge in [0.25, 0.3) is 0 Å². The van der Waals surface area contributed by atoms with Crippen molar-refractivity contribution >= 4 is 11.9 Å². The highest BCUT2D eigenvalue weighted by Crippen LogP contribution is 2.11. The Morgan fingerprint density at radius 3 is 2.44 bits per heavy atom. The van der Waals surface area contributed by atoms with Crippen molar-refractivity contribution in [2.24, 2.45) is 0 Å². The number of carboxylic acids is 1. The van der Waals surface area contributed by atoms with Crippen LogP contribution in [0.3, 0.4) is 0 Å². The molecule has 0 saturated carbocycles. The number of hydrogen-bond donors (Lipinski definition) is 1. The first-order valence-corrected chi connectivity index (χ1v) is 4.55. The Balaban J connectivity index is 3.00. The number of aromatic carboxylic acids is 1. The summed E-state index contributed by atoms with van der Waals surface area (Å²) in [5.41, 5.74) is -0.103. The third-order valence-electron chi connectivity index (χ3n) is 1.90. The highest BCUT2D eigenvalue weighted by Gasteiger charge is 2.18. The number of carboxylic acid groups (broad SMARTS) is 1. The molecule has 0 aliphatic heterocycles. The topological polar surface area (TPSA) is 63.6 Å². The summed E-state index contributed by atoms with van der Waals surface area (Å²) in [6, 6.07) is 5.81. The first-order valence-electron chi connectivity index (χ1n) is 4.55. The van der Waals surface area contributed by atoms with Gasteiger partial charge in [0.1, 0.15) is 0 Å². The molecule has 16 heavy (non-hydrogen) atoms. The van der Waals surface area contributed by atoms with Crippen LogP contribution in [-0.4, -0.2) is 23.1 Å². The zero-order valence-electron chi connectivity index (χ0n) is 8.64. The van der Waals surface area contributed by atoms with E-state index in [4.69, 9.17) is 16.3 Å². The predicted molar refractivity (Wildman–Crippen MR) is 57.1 cm³/mol. The van der Waals surface area contributed by atoms with Crippen LogP contribution in [0, 0.1) is 12.3 Å². The van der Waals surface area contributed by atoms with E-state index in [1.165, 1.54) is 25.1 Å². The van der Waals surface area contributed by atoms with Gasteiger partial charge in [-0.05, 0) is 19.1 Å². The van der Waals surface area contributed by atoms with E-state index in [0.717, 1.165) is 0 Å². The summed E-state index contributed by atoms with van der Waals surface area (Å²) in [5.74, 6) is 0.311. The monoisotopic (exact) mass is 218 g/mol. The SMILES string of the molecule is C#C[C@@H](C)OC(=O)c1ccccc1C(=O)O. The number of carbonyl (C=O) groups is 2. The molecule has 0 saturated heterocycles. The quantitative estimate of drug-likeness (QED) is 0.617. The molecule has 0 bridgehead atoms. The largest absolute Gasteiger partial charge is 0.478 e. The minimum Gasteiger partial charge on any atom is -0.478 e. The minimum atomic E-state index is -1.18. The maximum absolute atomic E-state index is 11.6. The van der Waals surface area contributed by atoms with Crippen LogP contribution in [0.4, 0.5) is 0 Å². The van der Waals surface area contributed by atoms with Crippen LogP contribution in [0.25, 0.3) is 0 Å². The molecule has 0 aliphatic rings. The molecule has 0 unspecified atom stereocenters. The Kier molecular flexibility index (Phi) is 3.67. The second-order valence-electron chi connectivity index (χ2n) is 3.06. The average molecular weight is 218 g/mol. The van der Waals surface area contributed by atoms with Crippen LogP contribution in [-0.2, 0) is 4.74 Å². The number of esters is 1. The molecule has 82 valence electrons. The Morgan fingerprint density at radius 2 is 1.94 bits per heavy atom. The highest BCUT2D eigenvalue weighted by atomic mass is 16.5. The molecular formula is C12H10O4. The van der Waals surface area contributed by atoms with Crippen molar-refractivity contribution < 1.29 is 19.4 Å². The molecule has 0 aliphatic carbocycles. The first-order chi connectivity index (χ1) is 7.56. The van der Waals surface area contributed by atoms with Gasteiger partial charge in [-0.15, -0.1) is 6.42 Å². The van der Waals surface area contributed by atoms with Gasteiger partial charge in [-0.1, -0.05) is 18.1 Å². The summed E-state index contributed by atoms with van der Waals surface area (Å²) in [6.07, 6.45) is 4.37. The number of rotatable bonds is 3. The van der Waals surface area contributed by atoms with Crippen LogP contribution in [0.1, 0.15) is 27.6 Å². The van der Waals surface area contributed by atoms with E-state index in [0.29, 0.717) is 0 Å². The lowest BCUT2D eigenvalue weighted by Gasteiger charge is -2.08. The fourth-order valence-corrected chi connectivity index (χ4v) is 1.11. The van der Waals surface area contributed by atoms with Crippen LogP contribution in [0.15, 0.2) is 24.3 Å². The smallest absolute Gasteiger partial charge is 0.340 e. The van der Waals surface area contributed by atoms with E-state index in [2.05, 4.69) is 5.92 Å². The van der Waals surface area contributed by atoms with Crippen LogP contribution in [0.5, 0.6) is 0 Å². The molecule has 4 nitrogen and oxygen atoms in total. The van der Waals surface area contributed by atoms with Crippen molar-refractivity contribution in [2.45, 2.75) is 13.0 Å². The molecule has 0 spiro atoms. The minimum absolute atomic E-state index is 0.00269. The maximum Gasteiger partial charge on any atom is 0.340 e. The molecule has 1 aromatic rings. The van der Waals surface area contributed by atoms with E-state index in [1.54, 1.807) is 6.07 Å². The third kappa shape index (κ3) is 2.61. The summed E-state index contributed by atoms with van der Waals surface area (Å²) < 4.78 is 4.84. The van der Waals surface area contributed by atoms with Crippen molar-refractivity contribution in [1.82, 2.24) is 0 Å². The number of ether oxygens (including phenoxy) is 1. The number of hydrogen-bond acceptors (Lipinski definition) is 3. The van der Waals surface area contributed by atoms with E-state index >= 15 is 0 Å². The van der Waals surface area contributed by atoms with E-state index in [-0.39, 0.29) is 11.1 Å². The lowest BCUT2D eigenvalue weighted by molar-refractivity contribution is 0.0430. The molecule has 4 heteroatoms. The van der Waals surface area contributed by atoms with Gasteiger partial charge >= 0.3 is 11.9 Å². The molecular weight excluding hydrogens is 208 g/mol. The second-order valence-corrected chi connectivity index (χ2v) is 3.06. The van der Waals surface area contributed by atoms with E-state index < -0.39 is 18.0 Å².